The molecule has 0 bridgehead atoms. The minimum atomic E-state index is 1.03. The largest absolute Gasteiger partial charge is 0.358 e. The van der Waals surface area contributed by atoms with Gasteiger partial charge in [0.15, 0.2) is 6.54 Å². The molecule has 0 fully saturated rings. The van der Waals surface area contributed by atoms with Crippen LogP contribution in [0.5, 0.6) is 0 Å². The molecular weight excluding hydrogens is 496 g/mol. The van der Waals surface area contributed by atoms with E-state index in [1.165, 1.54) is 62.0 Å². The van der Waals surface area contributed by atoms with Crippen molar-refractivity contribution in [3.05, 3.63) is 101 Å². The molecule has 4 nitrogen and oxygen atoms in total. The molecular formula is C34H39N4S+. The molecule has 39 heavy (non-hydrogen) atoms. The third-order valence-electron chi connectivity index (χ3n) is 7.77. The van der Waals surface area contributed by atoms with Gasteiger partial charge in [-0.2, -0.15) is 4.57 Å². The van der Waals surface area contributed by atoms with E-state index in [0.29, 0.717) is 0 Å². The minimum absolute atomic E-state index is 1.03. The van der Waals surface area contributed by atoms with Crippen molar-refractivity contribution < 1.29 is 4.57 Å². The SMILES string of the molecule is CCCN(CCCN(C)C)C1=C/C(=C\c2sc3cccc4c3[n+]2CCC4)c2ccccc2N1c1ccccc1. The molecule has 0 spiro atoms. The molecule has 2 aliphatic rings. The van der Waals surface area contributed by atoms with Gasteiger partial charge in [-0.1, -0.05) is 66.8 Å². The van der Waals surface area contributed by atoms with Gasteiger partial charge in [0, 0.05) is 42.4 Å². The van der Waals surface area contributed by atoms with E-state index >= 15 is 0 Å². The van der Waals surface area contributed by atoms with Crippen molar-refractivity contribution in [3.63, 3.8) is 0 Å². The molecule has 200 valence electrons. The lowest BCUT2D eigenvalue weighted by atomic mass is 9.97. The molecule has 0 saturated heterocycles. The number of fused-ring (bicyclic) bond motifs is 1. The molecule has 0 amide bonds. The molecule has 0 atom stereocenters. The highest BCUT2D eigenvalue weighted by Gasteiger charge is 2.30. The zero-order valence-electron chi connectivity index (χ0n) is 23.4. The summed E-state index contributed by atoms with van der Waals surface area (Å²) in [6.07, 6.45) is 9.53. The van der Waals surface area contributed by atoms with Gasteiger partial charge in [0.1, 0.15) is 10.5 Å². The summed E-state index contributed by atoms with van der Waals surface area (Å²) in [5, 5.41) is 1.35. The molecule has 1 aromatic heterocycles. The van der Waals surface area contributed by atoms with Gasteiger partial charge in [-0.15, -0.1) is 0 Å². The van der Waals surface area contributed by atoms with Crippen LogP contribution >= 0.6 is 11.3 Å². The van der Waals surface area contributed by atoms with E-state index in [1.807, 2.05) is 11.3 Å². The molecule has 0 unspecified atom stereocenters. The van der Waals surface area contributed by atoms with Crippen LogP contribution in [0.25, 0.3) is 21.9 Å². The van der Waals surface area contributed by atoms with Gasteiger partial charge in [-0.25, -0.2) is 0 Å². The average molecular weight is 536 g/mol. The summed E-state index contributed by atoms with van der Waals surface area (Å²) in [5.41, 5.74) is 7.97. The van der Waals surface area contributed by atoms with Crippen LogP contribution < -0.4 is 9.47 Å². The highest BCUT2D eigenvalue weighted by Crippen LogP contribution is 2.43. The lowest BCUT2D eigenvalue weighted by Gasteiger charge is -2.40. The summed E-state index contributed by atoms with van der Waals surface area (Å²) in [4.78, 5) is 7.35. The van der Waals surface area contributed by atoms with Crippen LogP contribution in [-0.4, -0.2) is 43.5 Å². The average Bonchev–Trinajstić information content (AvgIpc) is 3.31. The van der Waals surface area contributed by atoms with Crippen LogP contribution in [0, 0.1) is 0 Å². The van der Waals surface area contributed by atoms with E-state index in [9.17, 15) is 0 Å². The van der Waals surface area contributed by atoms with Gasteiger partial charge >= 0.3 is 0 Å². The van der Waals surface area contributed by atoms with Crippen molar-refractivity contribution >= 4 is 44.6 Å². The smallest absolute Gasteiger partial charge is 0.263 e. The van der Waals surface area contributed by atoms with Gasteiger partial charge in [-0.3, -0.25) is 4.90 Å². The number of aromatic nitrogens is 1. The maximum absolute atomic E-state index is 2.60. The van der Waals surface area contributed by atoms with E-state index < -0.39 is 0 Å². The van der Waals surface area contributed by atoms with Gasteiger partial charge in [-0.05, 0) is 75.8 Å². The number of rotatable bonds is 9. The molecule has 0 radical (unpaired) electrons. The Morgan fingerprint density at radius 1 is 0.923 bits per heavy atom. The summed E-state index contributed by atoms with van der Waals surface area (Å²) < 4.78 is 3.96. The Morgan fingerprint density at radius 2 is 1.74 bits per heavy atom. The van der Waals surface area contributed by atoms with Gasteiger partial charge in [0.25, 0.3) is 5.01 Å². The number of aryl methyl sites for hydroxylation is 2. The lowest BCUT2D eigenvalue weighted by Crippen LogP contribution is -2.39. The number of para-hydroxylation sites is 3. The zero-order chi connectivity index (χ0) is 26.8. The number of nitrogens with zero attached hydrogens (tertiary/aromatic N) is 4. The van der Waals surface area contributed by atoms with E-state index in [1.54, 1.807) is 0 Å². The van der Waals surface area contributed by atoms with E-state index in [2.05, 4.69) is 125 Å². The maximum Gasteiger partial charge on any atom is 0.263 e. The molecule has 0 N–H and O–H groups in total. The summed E-state index contributed by atoms with van der Waals surface area (Å²) in [6.45, 7) is 6.53. The Balaban J connectivity index is 1.51. The molecule has 3 aromatic carbocycles. The Hall–Kier alpha value is -3.41. The number of hydrogen-bond acceptors (Lipinski definition) is 4. The lowest BCUT2D eigenvalue weighted by molar-refractivity contribution is -0.671. The number of hydrogen-bond donors (Lipinski definition) is 0. The van der Waals surface area contributed by atoms with Crippen LogP contribution in [-0.2, 0) is 13.0 Å². The monoisotopic (exact) mass is 535 g/mol. The fourth-order valence-electron chi connectivity index (χ4n) is 6.03. The van der Waals surface area contributed by atoms with Crippen LogP contribution in [0.15, 0.2) is 84.7 Å². The third-order valence-corrected chi connectivity index (χ3v) is 8.87. The first-order valence-corrected chi connectivity index (χ1v) is 15.2. The minimum Gasteiger partial charge on any atom is -0.358 e. The van der Waals surface area contributed by atoms with E-state index in [-0.39, 0.29) is 0 Å². The summed E-state index contributed by atoms with van der Waals surface area (Å²) in [7, 11) is 4.33. The zero-order valence-corrected chi connectivity index (χ0v) is 24.3. The Kier molecular flexibility index (Phi) is 7.53. The fourth-order valence-corrected chi connectivity index (χ4v) is 7.22. The molecule has 2 aliphatic heterocycles. The highest BCUT2D eigenvalue weighted by atomic mass is 32.1. The van der Waals surface area contributed by atoms with Gasteiger partial charge < -0.3 is 9.80 Å². The molecule has 3 heterocycles. The first-order chi connectivity index (χ1) is 19.1. The number of allylic oxidation sites excluding steroid dienone is 2. The molecule has 5 heteroatoms. The first-order valence-electron chi connectivity index (χ1n) is 14.4. The summed E-state index contributed by atoms with van der Waals surface area (Å²) in [6, 6.07) is 26.6. The highest BCUT2D eigenvalue weighted by molar-refractivity contribution is 7.19. The number of benzene rings is 3. The van der Waals surface area contributed by atoms with Crippen LogP contribution in [0.1, 0.15) is 42.3 Å². The molecule has 6 rings (SSSR count). The van der Waals surface area contributed by atoms with E-state index in [0.717, 1.165) is 39.0 Å². The standard InChI is InChI=1S/C34H39N4S/c1-4-20-36(22-12-21-35(2)3)32-24-27(25-33-37-23-11-14-26-13-10-19-31(39-33)34(26)37)29-17-8-9-18-30(29)38(32)28-15-6-5-7-16-28/h5-10,13,15-19,24-25H,4,11-12,14,20-23H2,1-3H3/q+1. The Bertz CT molecular complexity index is 1510. The Morgan fingerprint density at radius 3 is 2.56 bits per heavy atom. The second-order valence-corrected chi connectivity index (χ2v) is 12.0. The van der Waals surface area contributed by atoms with E-state index in [4.69, 9.17) is 0 Å². The van der Waals surface area contributed by atoms with Gasteiger partial charge in [0.2, 0.25) is 5.52 Å². The van der Waals surface area contributed by atoms with Crippen molar-refractivity contribution in [1.82, 2.24) is 9.80 Å². The molecule has 0 saturated carbocycles. The number of anilines is 2. The van der Waals surface area contributed by atoms with Crippen molar-refractivity contribution in [2.45, 2.75) is 39.2 Å². The summed E-state index contributed by atoms with van der Waals surface area (Å²) in [5.74, 6) is 1.27. The van der Waals surface area contributed by atoms with Crippen molar-refractivity contribution in [3.8, 4) is 0 Å². The molecule has 0 aliphatic carbocycles. The third kappa shape index (κ3) is 5.13. The fraction of sp³-hybridized carbons (Fsp3) is 0.324. The first kappa shape index (κ1) is 25.8. The molecule has 4 aromatic rings. The second-order valence-electron chi connectivity index (χ2n) is 10.9. The maximum atomic E-state index is 2.60. The van der Waals surface area contributed by atoms with Crippen LogP contribution in [0.4, 0.5) is 11.4 Å². The summed E-state index contributed by atoms with van der Waals surface area (Å²) >= 11 is 1.93. The number of thiazole rings is 1. The van der Waals surface area contributed by atoms with Crippen LogP contribution in [0.2, 0.25) is 0 Å². The van der Waals surface area contributed by atoms with Crippen molar-refractivity contribution in [2.24, 2.45) is 0 Å². The van der Waals surface area contributed by atoms with Gasteiger partial charge in [0.05, 0.1) is 5.69 Å². The second kappa shape index (κ2) is 11.4. The topological polar surface area (TPSA) is 13.6 Å². The van der Waals surface area contributed by atoms with Crippen molar-refractivity contribution in [2.75, 3.05) is 38.6 Å². The van der Waals surface area contributed by atoms with Crippen LogP contribution in [0.3, 0.4) is 0 Å². The Labute approximate surface area is 237 Å². The predicted molar refractivity (Wildman–Crippen MR) is 166 cm³/mol. The predicted octanol–water partition coefficient (Wildman–Crippen LogP) is 7.33. The quantitative estimate of drug-likeness (QED) is 0.208. The van der Waals surface area contributed by atoms with Crippen molar-refractivity contribution in [1.29, 1.82) is 0 Å². The normalized spacial score (nSPS) is 15.6.